The van der Waals surface area contributed by atoms with Gasteiger partial charge in [0.15, 0.2) is 18.1 Å². The van der Waals surface area contributed by atoms with Crippen LogP contribution in [-0.2, 0) is 32.8 Å². The normalized spacial score (nSPS) is 12.6. The molecule has 49 heavy (non-hydrogen) atoms. The van der Waals surface area contributed by atoms with Gasteiger partial charge in [0.2, 0.25) is 0 Å². The molecule has 13 heteroatoms. The minimum absolute atomic E-state index is 0.0179. The molecule has 0 aliphatic heterocycles. The van der Waals surface area contributed by atoms with Crippen molar-refractivity contribution >= 4 is 32.4 Å². The molecule has 0 aromatic heterocycles. The van der Waals surface area contributed by atoms with Gasteiger partial charge in [-0.3, -0.25) is 0 Å². The molecule has 0 heterocycles. The van der Waals surface area contributed by atoms with Crippen molar-refractivity contribution in [1.82, 2.24) is 0 Å². The number of carbonyl (C=O) groups excluding carboxylic acids is 2. The summed E-state index contributed by atoms with van der Waals surface area (Å²) in [6.45, 7) is 9.10. The Morgan fingerprint density at radius 3 is 1.39 bits per heavy atom. The van der Waals surface area contributed by atoms with Crippen LogP contribution >= 0.6 is 10.3 Å². The number of ether oxygens (including phenoxy) is 4. The summed E-state index contributed by atoms with van der Waals surface area (Å²) in [5, 5.41) is 0. The summed E-state index contributed by atoms with van der Waals surface area (Å²) in [5.74, 6) is -4.02. The van der Waals surface area contributed by atoms with Crippen LogP contribution in [0.15, 0.2) is 117 Å². The van der Waals surface area contributed by atoms with Crippen molar-refractivity contribution in [1.29, 1.82) is 0 Å². The molecule has 9 nitrogen and oxygen atoms in total. The van der Waals surface area contributed by atoms with Crippen LogP contribution in [0.25, 0.3) is 0 Å². The van der Waals surface area contributed by atoms with Gasteiger partial charge in [-0.15, -0.1) is 0 Å². The lowest BCUT2D eigenvalue weighted by molar-refractivity contribution is -0.158. The molecule has 0 bridgehead atoms. The maximum atomic E-state index is 15.0. The van der Waals surface area contributed by atoms with Gasteiger partial charge in [0.1, 0.15) is 34.3 Å². The predicted molar refractivity (Wildman–Crippen MR) is 179 cm³/mol. The molecule has 0 unspecified atom stereocenters. The highest BCUT2D eigenvalue weighted by atomic mass is 32.3. The average Bonchev–Trinajstić information content (AvgIpc) is 3.00. The van der Waals surface area contributed by atoms with Gasteiger partial charge >= 0.3 is 22.1 Å². The Kier molecular flexibility index (Phi) is 11.4. The molecule has 0 fully saturated rings. The van der Waals surface area contributed by atoms with E-state index in [9.17, 15) is 18.0 Å². The SMILES string of the molecule is CC(C)(C)OC(=O)COc1cc(OCC(=O)OC(C)(C)C)cc(S(OS(=O)(=O)c2c(F)cccc2F)(c2ccccc2)c2ccccc2)c1. The molecule has 0 amide bonds. The average molecular weight is 717 g/mol. The van der Waals surface area contributed by atoms with Crippen LogP contribution in [0.2, 0.25) is 0 Å². The van der Waals surface area contributed by atoms with Crippen molar-refractivity contribution in [2.75, 3.05) is 13.2 Å². The predicted octanol–water partition coefficient (Wildman–Crippen LogP) is 8.01. The molecule has 0 spiro atoms. The Bertz CT molecular complexity index is 1780. The minimum atomic E-state index is -5.18. The van der Waals surface area contributed by atoms with E-state index in [4.69, 9.17) is 22.6 Å². The first-order chi connectivity index (χ1) is 22.9. The van der Waals surface area contributed by atoms with E-state index >= 15 is 8.78 Å². The highest BCUT2D eigenvalue weighted by molar-refractivity contribution is 8.33. The van der Waals surface area contributed by atoms with Crippen molar-refractivity contribution in [3.05, 3.63) is 109 Å². The first-order valence-corrected chi connectivity index (χ1v) is 18.0. The molecule has 0 saturated carbocycles. The van der Waals surface area contributed by atoms with E-state index in [1.54, 1.807) is 102 Å². The zero-order valence-corrected chi connectivity index (χ0v) is 29.5. The fraction of sp³-hybridized carbons (Fsp3) is 0.278. The summed E-state index contributed by atoms with van der Waals surface area (Å²) in [6.07, 6.45) is 0. The van der Waals surface area contributed by atoms with Gasteiger partial charge < -0.3 is 18.9 Å². The lowest BCUT2D eigenvalue weighted by atomic mass is 10.2. The largest absolute Gasteiger partial charge is 0.482 e. The lowest BCUT2D eigenvalue weighted by Crippen LogP contribution is -2.27. The van der Waals surface area contributed by atoms with E-state index < -0.39 is 73.3 Å². The Hall–Kier alpha value is -4.46. The van der Waals surface area contributed by atoms with Gasteiger partial charge in [-0.2, -0.15) is 8.42 Å². The quantitative estimate of drug-likeness (QED) is 0.135. The van der Waals surface area contributed by atoms with E-state index in [1.165, 1.54) is 18.2 Å². The fourth-order valence-electron chi connectivity index (χ4n) is 4.54. The van der Waals surface area contributed by atoms with Gasteiger partial charge in [-0.25, -0.2) is 22.0 Å². The van der Waals surface area contributed by atoms with Gasteiger partial charge in [0.25, 0.3) is 0 Å². The van der Waals surface area contributed by atoms with Crippen molar-refractivity contribution in [2.24, 2.45) is 0 Å². The second-order valence-electron chi connectivity index (χ2n) is 12.6. The first kappa shape index (κ1) is 37.4. The maximum Gasteiger partial charge on any atom is 0.344 e. The zero-order valence-electron chi connectivity index (χ0n) is 27.9. The number of hydrogen-bond donors (Lipinski definition) is 0. The topological polar surface area (TPSA) is 114 Å². The molecule has 0 N–H and O–H groups in total. The van der Waals surface area contributed by atoms with Gasteiger partial charge in [-0.05, 0) is 100 Å². The third kappa shape index (κ3) is 9.80. The molecule has 0 atom stereocenters. The van der Waals surface area contributed by atoms with Gasteiger partial charge in [0, 0.05) is 20.8 Å². The van der Waals surface area contributed by atoms with Crippen LogP contribution in [0.4, 0.5) is 8.78 Å². The van der Waals surface area contributed by atoms with Crippen LogP contribution in [0.1, 0.15) is 41.5 Å². The van der Waals surface area contributed by atoms with E-state index in [0.29, 0.717) is 9.79 Å². The molecule has 4 aromatic rings. The van der Waals surface area contributed by atoms with Crippen molar-refractivity contribution in [3.63, 3.8) is 0 Å². The summed E-state index contributed by atoms with van der Waals surface area (Å²) in [5.41, 5.74) is -1.60. The number of rotatable bonds is 12. The summed E-state index contributed by atoms with van der Waals surface area (Å²) < 4.78 is 86.5. The Morgan fingerprint density at radius 1 is 0.592 bits per heavy atom. The standard InChI is InChI=1S/C36H38F2O9S2/c1-35(2,3)45-32(39)23-43-25-20-26(44-24-33(40)46-36(4,5)6)22-29(21-25)48(27-14-9-7-10-15-27,28-16-11-8-12-17-28)47-49(41,42)34-30(37)18-13-19-31(34)38/h7-22H,23-24H2,1-6H3. The fourth-order valence-corrected chi connectivity index (χ4v) is 9.91. The molecular weight excluding hydrogens is 679 g/mol. The second kappa shape index (κ2) is 15.0. The van der Waals surface area contributed by atoms with Crippen LogP contribution in [0, 0.1) is 11.6 Å². The van der Waals surface area contributed by atoms with E-state index in [2.05, 4.69) is 0 Å². The summed E-state index contributed by atoms with van der Waals surface area (Å²) >= 11 is 0. The van der Waals surface area contributed by atoms with Gasteiger partial charge in [0.05, 0.1) is 0 Å². The number of esters is 2. The highest BCUT2D eigenvalue weighted by Crippen LogP contribution is 2.71. The smallest absolute Gasteiger partial charge is 0.344 e. The third-order valence-electron chi connectivity index (χ3n) is 6.25. The van der Waals surface area contributed by atoms with Crippen molar-refractivity contribution in [2.45, 2.75) is 72.3 Å². The van der Waals surface area contributed by atoms with Crippen molar-refractivity contribution in [3.8, 4) is 11.5 Å². The van der Waals surface area contributed by atoms with E-state index in [1.807, 2.05) is 0 Å². The molecule has 0 aliphatic rings. The monoisotopic (exact) mass is 716 g/mol. The molecule has 4 aromatic carbocycles. The van der Waals surface area contributed by atoms with Crippen LogP contribution < -0.4 is 9.47 Å². The number of carbonyl (C=O) groups is 2. The molecular formula is C36H38F2O9S2. The Labute approximate surface area is 286 Å². The number of benzene rings is 4. The lowest BCUT2D eigenvalue weighted by Gasteiger charge is -2.39. The summed E-state index contributed by atoms with van der Waals surface area (Å²) in [7, 11) is -8.65. The third-order valence-corrected chi connectivity index (χ3v) is 11.4. The van der Waals surface area contributed by atoms with Gasteiger partial charge in [-0.1, -0.05) is 42.5 Å². The van der Waals surface area contributed by atoms with Crippen LogP contribution in [0.3, 0.4) is 0 Å². The Balaban J connectivity index is 1.96. The Morgan fingerprint density at radius 2 is 1.00 bits per heavy atom. The number of hydrogen-bond acceptors (Lipinski definition) is 9. The molecule has 0 saturated heterocycles. The number of halogens is 2. The summed E-state index contributed by atoms with van der Waals surface area (Å²) in [4.78, 5) is 24.7. The second-order valence-corrected chi connectivity index (χ2v) is 17.0. The highest BCUT2D eigenvalue weighted by Gasteiger charge is 2.41. The van der Waals surface area contributed by atoms with E-state index in [0.717, 1.165) is 18.2 Å². The van der Waals surface area contributed by atoms with Crippen LogP contribution in [-0.4, -0.2) is 44.8 Å². The molecule has 262 valence electrons. The molecule has 4 rings (SSSR count). The first-order valence-electron chi connectivity index (χ1n) is 15.1. The minimum Gasteiger partial charge on any atom is -0.482 e. The maximum absolute atomic E-state index is 15.0. The summed E-state index contributed by atoms with van der Waals surface area (Å²) in [6, 6.07) is 23.4. The van der Waals surface area contributed by atoms with Crippen LogP contribution in [0.5, 0.6) is 11.5 Å². The zero-order chi connectivity index (χ0) is 36.0. The molecule has 0 aliphatic carbocycles. The van der Waals surface area contributed by atoms with Crippen molar-refractivity contribution < 1.29 is 49.4 Å². The molecule has 0 radical (unpaired) electrons. The van der Waals surface area contributed by atoms with E-state index in [-0.39, 0.29) is 16.4 Å².